The zero-order chi connectivity index (χ0) is 25.2. The van der Waals surface area contributed by atoms with Crippen LogP contribution in [0.4, 0.5) is 11.5 Å². The van der Waals surface area contributed by atoms with Crippen molar-refractivity contribution in [3.63, 3.8) is 0 Å². The molecule has 8 nitrogen and oxygen atoms in total. The second-order valence-corrected chi connectivity index (χ2v) is 10.2. The van der Waals surface area contributed by atoms with Crippen LogP contribution >= 0.6 is 11.3 Å². The molecule has 1 aliphatic rings. The van der Waals surface area contributed by atoms with Crippen LogP contribution in [0.2, 0.25) is 0 Å². The predicted molar refractivity (Wildman–Crippen MR) is 142 cm³/mol. The van der Waals surface area contributed by atoms with Crippen molar-refractivity contribution in [3.8, 4) is 0 Å². The molecule has 2 aromatic carbocycles. The van der Waals surface area contributed by atoms with Crippen LogP contribution in [0.25, 0.3) is 10.2 Å². The standard InChI is InChI=1S/C27H27N5O3S/c1-18-19(2)36-26-24(18)25(28-23(29-26)12-11-20-7-4-3-5-8-20)30-13-15-31(16-14-30)27(33)21-9-6-10-22(17-21)32(34)35/h3-10,17H,11-16H2,1-2H3. The van der Waals surface area contributed by atoms with Gasteiger partial charge < -0.3 is 9.80 Å². The highest BCUT2D eigenvalue weighted by molar-refractivity contribution is 7.18. The van der Waals surface area contributed by atoms with Crippen molar-refractivity contribution in [2.45, 2.75) is 26.7 Å². The number of amides is 1. The molecule has 4 aromatic rings. The molecule has 1 fully saturated rings. The number of anilines is 1. The first-order valence-electron chi connectivity index (χ1n) is 12.0. The number of nitro benzene ring substituents is 1. The minimum atomic E-state index is -0.477. The molecule has 0 spiro atoms. The van der Waals surface area contributed by atoms with Gasteiger partial charge in [-0.25, -0.2) is 9.97 Å². The number of carbonyl (C=O) groups is 1. The van der Waals surface area contributed by atoms with Crippen molar-refractivity contribution in [1.82, 2.24) is 14.9 Å². The van der Waals surface area contributed by atoms with E-state index in [0.717, 1.165) is 34.7 Å². The first kappa shape index (κ1) is 23.9. The summed E-state index contributed by atoms with van der Waals surface area (Å²) in [6.07, 6.45) is 1.63. The van der Waals surface area contributed by atoms with Gasteiger partial charge in [0.25, 0.3) is 11.6 Å². The Kier molecular flexibility index (Phi) is 6.65. The van der Waals surface area contributed by atoms with Crippen molar-refractivity contribution in [2.24, 2.45) is 0 Å². The maximum absolute atomic E-state index is 13.0. The Labute approximate surface area is 213 Å². The number of aryl methyl sites for hydroxylation is 4. The van der Waals surface area contributed by atoms with E-state index < -0.39 is 4.92 Å². The average Bonchev–Trinajstić information content (AvgIpc) is 3.20. The third kappa shape index (κ3) is 4.79. The van der Waals surface area contributed by atoms with Crippen LogP contribution in [0.5, 0.6) is 0 Å². The smallest absolute Gasteiger partial charge is 0.270 e. The Morgan fingerprint density at radius 3 is 2.47 bits per heavy atom. The van der Waals surface area contributed by atoms with Crippen molar-refractivity contribution in [1.29, 1.82) is 0 Å². The molecule has 1 saturated heterocycles. The summed E-state index contributed by atoms with van der Waals surface area (Å²) in [7, 11) is 0. The highest BCUT2D eigenvalue weighted by Crippen LogP contribution is 2.35. The fourth-order valence-electron chi connectivity index (χ4n) is 4.57. The lowest BCUT2D eigenvalue weighted by Gasteiger charge is -2.36. The van der Waals surface area contributed by atoms with Crippen LogP contribution in [-0.2, 0) is 12.8 Å². The number of nitro groups is 1. The molecule has 0 atom stereocenters. The number of fused-ring (bicyclic) bond motifs is 1. The lowest BCUT2D eigenvalue weighted by Crippen LogP contribution is -2.49. The van der Waals surface area contributed by atoms with Gasteiger partial charge in [0.05, 0.1) is 10.3 Å². The molecule has 184 valence electrons. The first-order valence-corrected chi connectivity index (χ1v) is 12.8. The summed E-state index contributed by atoms with van der Waals surface area (Å²) >= 11 is 1.70. The molecular weight excluding hydrogens is 474 g/mol. The molecular formula is C27H27N5O3S. The van der Waals surface area contributed by atoms with Crippen LogP contribution in [0.15, 0.2) is 54.6 Å². The van der Waals surface area contributed by atoms with Crippen LogP contribution in [0.1, 0.15) is 32.2 Å². The van der Waals surface area contributed by atoms with E-state index in [9.17, 15) is 14.9 Å². The fraction of sp³-hybridized carbons (Fsp3) is 0.296. The minimum Gasteiger partial charge on any atom is -0.352 e. The first-order chi connectivity index (χ1) is 17.4. The summed E-state index contributed by atoms with van der Waals surface area (Å²) < 4.78 is 0. The van der Waals surface area contributed by atoms with Crippen molar-refractivity contribution >= 4 is 39.0 Å². The summed E-state index contributed by atoms with van der Waals surface area (Å²) in [6.45, 7) is 6.55. The third-order valence-corrected chi connectivity index (χ3v) is 7.81. The molecule has 0 aliphatic carbocycles. The van der Waals surface area contributed by atoms with Gasteiger partial charge in [-0.2, -0.15) is 0 Å². The molecule has 0 saturated carbocycles. The summed E-state index contributed by atoms with van der Waals surface area (Å²) in [5.41, 5.74) is 2.73. The van der Waals surface area contributed by atoms with Crippen LogP contribution in [0, 0.1) is 24.0 Å². The molecule has 1 aliphatic heterocycles. The van der Waals surface area contributed by atoms with E-state index in [4.69, 9.17) is 9.97 Å². The maximum Gasteiger partial charge on any atom is 0.270 e. The number of benzene rings is 2. The molecule has 36 heavy (non-hydrogen) atoms. The Bertz CT molecular complexity index is 1430. The number of piperazine rings is 1. The normalized spacial score (nSPS) is 13.8. The summed E-state index contributed by atoms with van der Waals surface area (Å²) in [6, 6.07) is 16.3. The average molecular weight is 502 g/mol. The highest BCUT2D eigenvalue weighted by Gasteiger charge is 2.26. The van der Waals surface area contributed by atoms with E-state index >= 15 is 0 Å². The monoisotopic (exact) mass is 501 g/mol. The molecule has 0 unspecified atom stereocenters. The molecule has 2 aromatic heterocycles. The SMILES string of the molecule is Cc1sc2nc(CCc3ccccc3)nc(N3CCN(C(=O)c4cccc([N+](=O)[O-])c4)CC3)c2c1C. The Morgan fingerprint density at radius 2 is 1.75 bits per heavy atom. The van der Waals surface area contributed by atoms with Gasteiger partial charge in [-0.15, -0.1) is 11.3 Å². The number of nitrogens with zero attached hydrogens (tertiary/aromatic N) is 5. The number of non-ortho nitro benzene ring substituents is 1. The van der Waals surface area contributed by atoms with Gasteiger partial charge in [0.15, 0.2) is 0 Å². The Balaban J connectivity index is 1.36. The van der Waals surface area contributed by atoms with E-state index in [1.807, 2.05) is 18.2 Å². The number of thiophene rings is 1. The summed E-state index contributed by atoms with van der Waals surface area (Å²) in [5.74, 6) is 1.59. The molecule has 1 amide bonds. The van der Waals surface area contributed by atoms with E-state index in [1.165, 1.54) is 28.1 Å². The van der Waals surface area contributed by atoms with Crippen molar-refractivity contribution in [3.05, 3.63) is 92.1 Å². The number of hydrogen-bond donors (Lipinski definition) is 0. The van der Waals surface area contributed by atoms with Gasteiger partial charge in [-0.3, -0.25) is 14.9 Å². The molecule has 5 rings (SSSR count). The van der Waals surface area contributed by atoms with E-state index in [-0.39, 0.29) is 11.6 Å². The van der Waals surface area contributed by atoms with E-state index in [0.29, 0.717) is 31.7 Å². The molecule has 0 radical (unpaired) electrons. The summed E-state index contributed by atoms with van der Waals surface area (Å²) in [5, 5.41) is 12.2. The lowest BCUT2D eigenvalue weighted by atomic mass is 10.1. The fourth-order valence-corrected chi connectivity index (χ4v) is 5.61. The van der Waals surface area contributed by atoms with Gasteiger partial charge in [0, 0.05) is 55.2 Å². The summed E-state index contributed by atoms with van der Waals surface area (Å²) in [4.78, 5) is 39.8. The zero-order valence-electron chi connectivity index (χ0n) is 20.3. The second-order valence-electron chi connectivity index (χ2n) is 9.00. The van der Waals surface area contributed by atoms with Gasteiger partial charge in [0.2, 0.25) is 0 Å². The predicted octanol–water partition coefficient (Wildman–Crippen LogP) is 4.96. The van der Waals surface area contributed by atoms with Gasteiger partial charge >= 0.3 is 0 Å². The quantitative estimate of drug-likeness (QED) is 0.274. The highest BCUT2D eigenvalue weighted by atomic mass is 32.1. The zero-order valence-corrected chi connectivity index (χ0v) is 21.1. The Morgan fingerprint density at radius 1 is 1.00 bits per heavy atom. The maximum atomic E-state index is 13.0. The number of carbonyl (C=O) groups excluding carboxylic acids is 1. The topological polar surface area (TPSA) is 92.5 Å². The molecule has 3 heterocycles. The van der Waals surface area contributed by atoms with Gasteiger partial charge in [0.1, 0.15) is 16.5 Å². The largest absolute Gasteiger partial charge is 0.352 e. The molecule has 0 bridgehead atoms. The van der Waals surface area contributed by atoms with Crippen LogP contribution in [0.3, 0.4) is 0 Å². The van der Waals surface area contributed by atoms with Crippen LogP contribution < -0.4 is 4.90 Å². The van der Waals surface area contributed by atoms with Gasteiger partial charge in [-0.05, 0) is 37.5 Å². The van der Waals surface area contributed by atoms with Gasteiger partial charge in [-0.1, -0.05) is 36.4 Å². The number of aromatic nitrogens is 2. The Hall–Kier alpha value is -3.85. The third-order valence-electron chi connectivity index (χ3n) is 6.71. The van der Waals surface area contributed by atoms with Crippen molar-refractivity contribution in [2.75, 3.05) is 31.1 Å². The number of rotatable bonds is 6. The second kappa shape index (κ2) is 10.0. The minimum absolute atomic E-state index is 0.0748. The number of hydrogen-bond acceptors (Lipinski definition) is 7. The van der Waals surface area contributed by atoms with Crippen LogP contribution in [-0.4, -0.2) is 51.9 Å². The van der Waals surface area contributed by atoms with Crippen molar-refractivity contribution < 1.29 is 9.72 Å². The molecule has 0 N–H and O–H groups in total. The van der Waals surface area contributed by atoms with E-state index in [1.54, 1.807) is 28.4 Å². The van der Waals surface area contributed by atoms with E-state index in [2.05, 4.69) is 30.9 Å². The molecule has 9 heteroatoms. The lowest BCUT2D eigenvalue weighted by molar-refractivity contribution is -0.384.